The maximum absolute atomic E-state index is 5.64. The average molecular weight is 1860 g/mol. The number of morpholine rings is 1. The Hall–Kier alpha value is -0.400. The van der Waals surface area contributed by atoms with Crippen LogP contribution in [0.4, 0.5) is 0 Å². The van der Waals surface area contributed by atoms with Crippen LogP contribution in [0.25, 0.3) is 0 Å². The van der Waals surface area contributed by atoms with Gasteiger partial charge in [-0.3, -0.25) is 0 Å². The molecule has 10 heteroatoms. The van der Waals surface area contributed by atoms with E-state index in [1.807, 2.05) is 0 Å². The van der Waals surface area contributed by atoms with Crippen molar-refractivity contribution in [3.05, 3.63) is 0 Å². The highest BCUT2D eigenvalue weighted by Gasteiger charge is 2.42. The zero-order valence-corrected chi connectivity index (χ0v) is 96.8. The maximum atomic E-state index is 5.64. The summed E-state index contributed by atoms with van der Waals surface area (Å²) in [7, 11) is 0. The maximum Gasteiger partial charge on any atom is 0.0807 e. The van der Waals surface area contributed by atoms with Crippen LogP contribution in [0.15, 0.2) is 0 Å². The molecule has 24 rings (SSSR count). The fourth-order valence-electron chi connectivity index (χ4n) is 21.8. The summed E-state index contributed by atoms with van der Waals surface area (Å²) in [5, 5.41) is 31.1. The van der Waals surface area contributed by atoms with Crippen LogP contribution < -0.4 is 47.9 Å². The molecule has 9 N–H and O–H groups in total. The first-order chi connectivity index (χ1) is 62.4. The lowest BCUT2D eigenvalue weighted by Crippen LogP contribution is -2.53. The minimum absolute atomic E-state index is 0.290. The smallest absolute Gasteiger partial charge is 0.0807 e. The molecule has 0 amide bonds. The predicted octanol–water partition coefficient (Wildman–Crippen LogP) is 32.6. The quantitative estimate of drug-likeness (QED) is 0.116. The van der Waals surface area contributed by atoms with Crippen LogP contribution in [0.2, 0.25) is 0 Å². The van der Waals surface area contributed by atoms with Crippen molar-refractivity contribution in [3.8, 4) is 0 Å². The molecule has 0 radical (unpaired) electrons. The molecule has 0 aromatic heterocycles. The molecule has 10 nitrogen and oxygen atoms in total. The second-order valence-corrected chi connectivity index (χ2v) is 54.2. The van der Waals surface area contributed by atoms with Crippen LogP contribution in [-0.4, -0.2) is 128 Å². The van der Waals surface area contributed by atoms with E-state index in [2.05, 4.69) is 276 Å². The van der Waals surface area contributed by atoms with Gasteiger partial charge in [-0.25, -0.2) is 0 Å². The van der Waals surface area contributed by atoms with E-state index in [1.54, 1.807) is 64.2 Å². The Morgan fingerprint density at radius 1 is 0.189 bits per heavy atom. The molecule has 0 aromatic rings. The van der Waals surface area contributed by atoms with E-state index < -0.39 is 0 Å². The lowest BCUT2D eigenvalue weighted by Gasteiger charge is -2.45. The molecule has 11 heterocycles. The van der Waals surface area contributed by atoms with Crippen molar-refractivity contribution in [2.75, 3.05) is 98.2 Å². The Labute approximate surface area is 833 Å². The van der Waals surface area contributed by atoms with Crippen molar-refractivity contribution in [1.29, 1.82) is 0 Å². The van der Waals surface area contributed by atoms with Crippen molar-refractivity contribution >= 4 is 0 Å². The number of hydrogen-bond donors (Lipinski definition) is 9. The van der Waals surface area contributed by atoms with E-state index in [-0.39, 0.29) is 5.60 Å². The summed E-state index contributed by atoms with van der Waals surface area (Å²) in [6.45, 7) is 90.2. The highest BCUT2D eigenvalue weighted by Crippen LogP contribution is 2.48. The van der Waals surface area contributed by atoms with E-state index in [1.165, 1.54) is 315 Å². The molecule has 13 aliphatic carbocycles. The molecular weight excluding hydrogens is 1610 g/mol. The largest absolute Gasteiger partial charge is 0.372 e. The summed E-state index contributed by atoms with van der Waals surface area (Å²) >= 11 is 0. The zero-order valence-electron chi connectivity index (χ0n) is 96.8. The standard InChI is InChI=1S/2C8H15N.C8H14.C7H13NO.4C7H13N.C7H12.2C6H11N.11C4H10/c2*1-3-8(4-1)5-2-6-9-7-8;1-2-7-4-5-8(3-1)6-7;1-2-7(3-1)6-8-4-5-9-7;2*1-3-7-4-2-6(1)5-8-7;1-2-6-4-8-5-7(6)3-1;1-2-7(3-1)4-5-8-6-7;1-2-7-4-3-6(1)5-7;2*1-2-6-3-5(1)4-7-6;11*1-4(2)3/h2*9H,1-7H2;7-8H,1-6H2;8H,1-6H2;3*6-8H,1-5H2;8H,1-6H2;6-7H,1-5H2;2*5-7H,1-4H2;11*4H,1-3H3/t;;7-,8+;;;;6-,7+;;;2*5-,6?;;;;;;;;;;;/m.........10.........../s1. The van der Waals surface area contributed by atoms with Crippen LogP contribution in [0.3, 0.4) is 0 Å². The Balaban J connectivity index is 0.000000697. The van der Waals surface area contributed by atoms with Gasteiger partial charge in [-0.2, -0.15) is 0 Å². The van der Waals surface area contributed by atoms with Gasteiger partial charge in [0.1, 0.15) is 0 Å². The van der Waals surface area contributed by atoms with E-state index in [9.17, 15) is 0 Å². The second kappa shape index (κ2) is 77.2. The van der Waals surface area contributed by atoms with Crippen LogP contribution >= 0.6 is 0 Å². The lowest BCUT2D eigenvalue weighted by molar-refractivity contribution is -0.115. The van der Waals surface area contributed by atoms with E-state index >= 15 is 0 Å². The number of ether oxygens (including phenoxy) is 1. The van der Waals surface area contributed by atoms with Gasteiger partial charge in [-0.05, 0) is 405 Å². The van der Waals surface area contributed by atoms with Gasteiger partial charge in [0.05, 0.1) is 12.2 Å². The highest BCUT2D eigenvalue weighted by molar-refractivity contribution is 4.97. The summed E-state index contributed by atoms with van der Waals surface area (Å²) in [4.78, 5) is 0. The third kappa shape index (κ3) is 71.1. The highest BCUT2D eigenvalue weighted by atomic mass is 16.5. The van der Waals surface area contributed by atoms with Gasteiger partial charge in [0.25, 0.3) is 0 Å². The molecule has 11 aliphatic heterocycles. The van der Waals surface area contributed by atoms with Crippen LogP contribution in [-0.2, 0) is 4.74 Å². The van der Waals surface area contributed by atoms with Gasteiger partial charge >= 0.3 is 0 Å². The Morgan fingerprint density at radius 2 is 0.432 bits per heavy atom. The molecule has 24 aliphatic rings. The number of nitrogens with one attached hydrogen (secondary N) is 9. The summed E-state index contributed by atoms with van der Waals surface area (Å²) in [6, 6.07) is 3.65. The molecule has 2 unspecified atom stereocenters. The number of rotatable bonds is 0. The van der Waals surface area contributed by atoms with Gasteiger partial charge in [0, 0.05) is 56.9 Å². The summed E-state index contributed by atoms with van der Waals surface area (Å²) in [6.07, 6.45) is 67.0. The predicted molar refractivity (Wildman–Crippen MR) is 596 cm³/mol. The van der Waals surface area contributed by atoms with E-state index in [0.717, 1.165) is 173 Å². The topological polar surface area (TPSA) is 118 Å². The van der Waals surface area contributed by atoms with Crippen LogP contribution in [0, 0.1) is 141 Å². The first kappa shape index (κ1) is 130. The molecule has 8 atom stereocenters. The monoisotopic (exact) mass is 1860 g/mol. The van der Waals surface area contributed by atoms with Gasteiger partial charge < -0.3 is 52.6 Å². The zero-order chi connectivity index (χ0) is 98.9. The van der Waals surface area contributed by atoms with E-state index in [4.69, 9.17) is 4.74 Å². The number of hydrogen-bond acceptors (Lipinski definition) is 10. The SMILES string of the molecule is C1CC2(C1)CCNC2.C1CC2(C1)CNCCO2.C1CC2CCC1C2.C1CC2CCC1CN2.C1CC2CCC1CN2.C1CNCC2(C1)CCC2.C1CNCC2(C1)CCC2.C1C[C@@H]2CC[C@H](C1)C2.C1C[C@@H]2CNC1C2.C1C[C@@H]2CNC[C@@H]2C1.C1C[C@H]2CNC1C2.CC(C)C.CC(C)C.CC(C)C.CC(C)C.CC(C)C.CC(C)C.CC(C)C.CC(C)C.CC(C)C.CC(C)C.CC(C)C. The fraction of sp³-hybridized carbons (Fsp3) is 1.00. The van der Waals surface area contributed by atoms with Crippen molar-refractivity contribution in [3.63, 3.8) is 0 Å². The van der Waals surface area contributed by atoms with Crippen molar-refractivity contribution in [1.82, 2.24) is 47.9 Å². The first-order valence-electron chi connectivity index (χ1n) is 59.5. The van der Waals surface area contributed by atoms with Gasteiger partial charge in [0.2, 0.25) is 0 Å². The Kier molecular flexibility index (Phi) is 75.8. The molecule has 132 heavy (non-hydrogen) atoms. The molecule has 4 spiro atoms. The third-order valence-corrected chi connectivity index (χ3v) is 28.8. The van der Waals surface area contributed by atoms with E-state index in [0.29, 0.717) is 0 Å². The molecule has 12 bridgehead atoms. The lowest BCUT2D eigenvalue weighted by atomic mass is 9.65. The molecule has 792 valence electrons. The average Bonchev–Trinajstić information content (AvgIpc) is 1.75. The molecule has 0 aromatic carbocycles. The second-order valence-electron chi connectivity index (χ2n) is 54.2. The van der Waals surface area contributed by atoms with Gasteiger partial charge in [-0.15, -0.1) is 0 Å². The third-order valence-electron chi connectivity index (χ3n) is 28.8. The molecule has 13 saturated carbocycles. The normalized spacial score (nSPS) is 30.1. The Morgan fingerprint density at radius 3 is 0.576 bits per heavy atom. The minimum atomic E-state index is 0.290. The number of fused-ring (bicyclic) bond motifs is 15. The van der Waals surface area contributed by atoms with Crippen molar-refractivity contribution in [2.24, 2.45) is 141 Å². The minimum Gasteiger partial charge on any atom is -0.372 e. The molecule has 24 fully saturated rings. The molecular formula is C122H253N9O. The van der Waals surface area contributed by atoms with Gasteiger partial charge in [0.15, 0.2) is 0 Å². The van der Waals surface area contributed by atoms with Crippen molar-refractivity contribution < 1.29 is 4.74 Å². The Bertz CT molecular complexity index is 2030. The van der Waals surface area contributed by atoms with Crippen LogP contribution in [0.1, 0.15) is 517 Å². The van der Waals surface area contributed by atoms with Crippen LogP contribution in [0.5, 0.6) is 0 Å². The number of piperidine rings is 8. The molecule has 11 saturated heterocycles. The summed E-state index contributed by atoms with van der Waals surface area (Å²) in [5.74, 6) is 20.2. The van der Waals surface area contributed by atoms with Crippen molar-refractivity contribution in [2.45, 2.75) is 547 Å². The first-order valence-corrected chi connectivity index (χ1v) is 59.5. The fourth-order valence-corrected chi connectivity index (χ4v) is 21.8. The summed E-state index contributed by atoms with van der Waals surface area (Å²) < 4.78 is 5.64. The summed E-state index contributed by atoms with van der Waals surface area (Å²) in [5.41, 5.74) is 2.68. The van der Waals surface area contributed by atoms with Gasteiger partial charge in [-0.1, -0.05) is 312 Å².